The Morgan fingerprint density at radius 2 is 1.97 bits per heavy atom. The zero-order valence-corrected chi connectivity index (χ0v) is 19.0. The van der Waals surface area contributed by atoms with E-state index in [9.17, 15) is 20.1 Å². The van der Waals surface area contributed by atoms with Crippen molar-refractivity contribution in [3.05, 3.63) is 12.1 Å². The van der Waals surface area contributed by atoms with E-state index < -0.39 is 11.3 Å². The van der Waals surface area contributed by atoms with Crippen molar-refractivity contribution in [1.82, 2.24) is 9.21 Å². The molecule has 0 saturated carbocycles. The van der Waals surface area contributed by atoms with E-state index in [0.717, 1.165) is 25.9 Å². The largest absolute Gasteiger partial charge is 0.504 e. The van der Waals surface area contributed by atoms with Crippen LogP contribution in [-0.2, 0) is 4.79 Å². The normalized spacial score (nSPS) is 18.0. The third-order valence-corrected chi connectivity index (χ3v) is 6.55. The van der Waals surface area contributed by atoms with Crippen molar-refractivity contribution in [3.63, 3.8) is 0 Å². The molecule has 5 N–H and O–H groups in total. The fourth-order valence-electron chi connectivity index (χ4n) is 3.98. The van der Waals surface area contributed by atoms with Crippen molar-refractivity contribution >= 4 is 24.2 Å². The molecule has 0 spiro atoms. The van der Waals surface area contributed by atoms with Gasteiger partial charge in [0.2, 0.25) is 11.7 Å². The molecule has 0 aromatic heterocycles. The Hall–Kier alpha value is -2.13. The van der Waals surface area contributed by atoms with Crippen LogP contribution < -0.4 is 5.73 Å². The molecule has 1 aromatic carbocycles. The van der Waals surface area contributed by atoms with Gasteiger partial charge in [0.05, 0.1) is 11.2 Å². The Balaban J connectivity index is 1.91. The van der Waals surface area contributed by atoms with Crippen LogP contribution in [0.15, 0.2) is 22.0 Å². The maximum Gasteiger partial charge on any atom is 0.250 e. The number of rotatable bonds is 8. The molecule has 1 heterocycles. The summed E-state index contributed by atoms with van der Waals surface area (Å²) in [7, 11) is 1.82. The lowest BCUT2D eigenvalue weighted by Gasteiger charge is -2.36. The van der Waals surface area contributed by atoms with E-state index in [1.807, 2.05) is 14.0 Å². The minimum Gasteiger partial charge on any atom is -0.504 e. The van der Waals surface area contributed by atoms with E-state index in [-0.39, 0.29) is 17.4 Å². The summed E-state index contributed by atoms with van der Waals surface area (Å²) in [6, 6.07) is 2.95. The predicted octanol–water partition coefficient (Wildman–Crippen LogP) is 2.77. The van der Waals surface area contributed by atoms with E-state index in [1.165, 1.54) is 24.4 Å². The van der Waals surface area contributed by atoms with Crippen LogP contribution in [0.2, 0.25) is 0 Å². The van der Waals surface area contributed by atoms with Crippen LogP contribution in [0.1, 0.15) is 40.0 Å². The Kier molecular flexibility index (Phi) is 8.25. The number of nitrogens with two attached hydrogens (primary N) is 1. The van der Waals surface area contributed by atoms with E-state index in [0.29, 0.717) is 29.7 Å². The number of likely N-dealkylation sites (N-methyl/N-ethyl adjacent to an activating group) is 1. The smallest absolute Gasteiger partial charge is 0.250 e. The Morgan fingerprint density at radius 1 is 1.33 bits per heavy atom. The topological polar surface area (TPSA) is 123 Å². The second-order valence-electron chi connectivity index (χ2n) is 8.58. The average Bonchev–Trinajstić information content (AvgIpc) is 2.68. The molecule has 8 nitrogen and oxygen atoms in total. The molecule has 168 valence electrons. The molecule has 30 heavy (non-hydrogen) atoms. The van der Waals surface area contributed by atoms with Gasteiger partial charge in [-0.2, -0.15) is 0 Å². The van der Waals surface area contributed by atoms with E-state index in [1.54, 1.807) is 11.0 Å². The maximum atomic E-state index is 13.0. The summed E-state index contributed by atoms with van der Waals surface area (Å²) < 4.78 is 2.12. The van der Waals surface area contributed by atoms with Crippen molar-refractivity contribution in [2.45, 2.75) is 50.5 Å². The Labute approximate surface area is 182 Å². The predicted molar refractivity (Wildman–Crippen MR) is 120 cm³/mol. The number of aliphatic imine (C=N–C) groups is 1. The Bertz CT molecular complexity index is 766. The fourth-order valence-corrected chi connectivity index (χ4v) is 4.97. The lowest BCUT2D eigenvalue weighted by atomic mass is 9.89. The number of benzene rings is 1. The van der Waals surface area contributed by atoms with Crippen LogP contribution in [0.5, 0.6) is 17.2 Å². The molecule has 1 aliphatic rings. The summed E-state index contributed by atoms with van der Waals surface area (Å²) >= 11 is 1.36. The highest BCUT2D eigenvalue weighted by Gasteiger charge is 2.36. The summed E-state index contributed by atoms with van der Waals surface area (Å²) in [5.74, 6) is -0.460. The minimum absolute atomic E-state index is 0.0146. The van der Waals surface area contributed by atoms with E-state index in [4.69, 9.17) is 5.73 Å². The third-order valence-electron chi connectivity index (χ3n) is 5.40. The van der Waals surface area contributed by atoms with Crippen LogP contribution in [0.3, 0.4) is 0 Å². The molecule has 9 heteroatoms. The van der Waals surface area contributed by atoms with Gasteiger partial charge in [-0.1, -0.05) is 13.8 Å². The van der Waals surface area contributed by atoms with Crippen LogP contribution in [0.4, 0.5) is 0 Å². The van der Waals surface area contributed by atoms with E-state index >= 15 is 0 Å². The summed E-state index contributed by atoms with van der Waals surface area (Å²) in [5, 5.41) is 29.1. The number of hydrogen-bond acceptors (Lipinski definition) is 7. The highest BCUT2D eigenvalue weighted by Crippen LogP contribution is 2.43. The summed E-state index contributed by atoms with van der Waals surface area (Å²) in [4.78, 5) is 19.6. The number of carbonyl (C=O) groups excluding carboxylic acids is 1. The zero-order chi connectivity index (χ0) is 22.5. The van der Waals surface area contributed by atoms with Gasteiger partial charge in [-0.15, -0.1) is 0 Å². The van der Waals surface area contributed by atoms with Crippen LogP contribution in [0, 0.1) is 11.8 Å². The third kappa shape index (κ3) is 5.95. The maximum absolute atomic E-state index is 13.0. The molecule has 2 rings (SSSR count). The standard InChI is InChI=1S/C21H34N4O4S/c1-14(2)11-21(3,23-13-22)20(29)24(4)12-15-7-9-25(10-8-15)30-17-6-5-16(26)18(27)19(17)28/h5-6,13-15,26-28H,7-12H2,1-4H3,(H2,22,23). The first kappa shape index (κ1) is 24.1. The number of nitrogens with zero attached hydrogens (tertiary/aromatic N) is 3. The first-order chi connectivity index (χ1) is 14.1. The molecule has 1 saturated heterocycles. The molecule has 1 amide bonds. The summed E-state index contributed by atoms with van der Waals surface area (Å²) in [6.45, 7) is 8.23. The second kappa shape index (κ2) is 10.3. The number of carbonyl (C=O) groups is 1. The van der Waals surface area contributed by atoms with Gasteiger partial charge in [0, 0.05) is 26.7 Å². The molecule has 1 unspecified atom stereocenters. The number of phenols is 3. The lowest BCUT2D eigenvalue weighted by molar-refractivity contribution is -0.136. The molecule has 0 bridgehead atoms. The van der Waals surface area contributed by atoms with Gasteiger partial charge in [0.15, 0.2) is 11.5 Å². The first-order valence-electron chi connectivity index (χ1n) is 10.2. The first-order valence-corrected chi connectivity index (χ1v) is 11.0. The number of amides is 1. The highest BCUT2D eigenvalue weighted by molar-refractivity contribution is 7.97. The number of aromatic hydroxyl groups is 3. The van der Waals surface area contributed by atoms with Crippen molar-refractivity contribution in [3.8, 4) is 17.2 Å². The summed E-state index contributed by atoms with van der Waals surface area (Å²) in [6.07, 6.45) is 3.69. The monoisotopic (exact) mass is 438 g/mol. The van der Waals surface area contributed by atoms with Crippen LogP contribution in [-0.4, -0.2) is 69.0 Å². The average molecular weight is 439 g/mol. The lowest BCUT2D eigenvalue weighted by Crippen LogP contribution is -2.47. The van der Waals surface area contributed by atoms with Gasteiger partial charge in [-0.3, -0.25) is 9.79 Å². The fraction of sp³-hybridized carbons (Fsp3) is 0.619. The number of hydrogen-bond donors (Lipinski definition) is 4. The minimum atomic E-state index is -0.841. The Morgan fingerprint density at radius 3 is 2.53 bits per heavy atom. The SMILES string of the molecule is CC(C)CC(C)(N=CN)C(=O)N(C)CC1CCN(Sc2ccc(O)c(O)c2O)CC1. The zero-order valence-electron chi connectivity index (χ0n) is 18.2. The highest BCUT2D eigenvalue weighted by atomic mass is 32.2. The molecule has 1 aromatic rings. The van der Waals surface area contributed by atoms with Crippen LogP contribution >= 0.6 is 11.9 Å². The molecule has 1 aliphatic heterocycles. The van der Waals surface area contributed by atoms with Crippen molar-refractivity contribution in [2.24, 2.45) is 22.6 Å². The molecule has 0 aliphatic carbocycles. The van der Waals surface area contributed by atoms with Crippen molar-refractivity contribution < 1.29 is 20.1 Å². The van der Waals surface area contributed by atoms with Crippen LogP contribution in [0.25, 0.3) is 0 Å². The van der Waals surface area contributed by atoms with Gasteiger partial charge >= 0.3 is 0 Å². The quantitative estimate of drug-likeness (QED) is 0.213. The van der Waals surface area contributed by atoms with Gasteiger partial charge < -0.3 is 26.0 Å². The van der Waals surface area contributed by atoms with Crippen molar-refractivity contribution in [2.75, 3.05) is 26.7 Å². The summed E-state index contributed by atoms with van der Waals surface area (Å²) in [5.41, 5.74) is 4.66. The number of phenolic OH excluding ortho intramolecular Hbond substituents is 3. The van der Waals surface area contributed by atoms with Gasteiger partial charge in [0.25, 0.3) is 0 Å². The van der Waals surface area contributed by atoms with Gasteiger partial charge in [-0.05, 0) is 62.1 Å². The molecular formula is C21H34N4O4S. The second-order valence-corrected chi connectivity index (χ2v) is 9.72. The molecule has 1 fully saturated rings. The molecule has 0 radical (unpaired) electrons. The van der Waals surface area contributed by atoms with Gasteiger partial charge in [-0.25, -0.2) is 4.31 Å². The molecular weight excluding hydrogens is 404 g/mol. The van der Waals surface area contributed by atoms with Crippen molar-refractivity contribution in [1.29, 1.82) is 0 Å². The number of piperidine rings is 1. The molecule has 1 atom stereocenters. The van der Waals surface area contributed by atoms with E-state index in [2.05, 4.69) is 23.1 Å². The van der Waals surface area contributed by atoms with Gasteiger partial charge in [0.1, 0.15) is 5.54 Å².